The van der Waals surface area contributed by atoms with Crippen molar-refractivity contribution in [1.82, 2.24) is 5.32 Å². The molecular weight excluding hydrogens is 309 g/mol. The quantitative estimate of drug-likeness (QED) is 0.257. The van der Waals surface area contributed by atoms with Gasteiger partial charge in [0.1, 0.15) is 18.3 Å². The molecule has 1 aliphatic heterocycles. The molecule has 0 aromatic carbocycles. The first-order valence-corrected chi connectivity index (χ1v) is 7.89. The standard InChI is InChI=1S/C10H20NO9P/c1-4(13)11-8-5(14)2-7(21(17,18)19)20-10(8)9(16)6(15)3-12/h5-10,12,14-16H,2-3H2,1H3,(H,11,13)(H2,17,18,19)/t5?,6-,7?,8?,9-,10?/m1/s1. The van der Waals surface area contributed by atoms with Crippen LogP contribution < -0.4 is 5.32 Å². The minimum absolute atomic E-state index is 0.451. The Labute approximate surface area is 120 Å². The number of carbonyl (C=O) groups is 1. The van der Waals surface area contributed by atoms with E-state index in [1.807, 2.05) is 0 Å². The first-order chi connectivity index (χ1) is 9.57. The number of hydrogen-bond donors (Lipinski definition) is 7. The number of aliphatic hydroxyl groups is 4. The van der Waals surface area contributed by atoms with Gasteiger partial charge in [0.2, 0.25) is 5.91 Å². The van der Waals surface area contributed by atoms with Gasteiger partial charge in [-0.05, 0) is 0 Å². The minimum atomic E-state index is -4.71. The van der Waals surface area contributed by atoms with Crippen molar-refractivity contribution in [2.24, 2.45) is 0 Å². The van der Waals surface area contributed by atoms with E-state index in [0.29, 0.717) is 0 Å². The summed E-state index contributed by atoms with van der Waals surface area (Å²) >= 11 is 0. The number of nitrogens with one attached hydrogen (secondary N) is 1. The summed E-state index contributed by atoms with van der Waals surface area (Å²) in [5.74, 6) is -2.24. The van der Waals surface area contributed by atoms with Gasteiger partial charge in [0.05, 0.1) is 18.8 Å². The molecule has 0 aromatic rings. The summed E-state index contributed by atoms with van der Waals surface area (Å²) in [6.45, 7) is 0.318. The molecule has 124 valence electrons. The molecule has 7 N–H and O–H groups in total. The van der Waals surface area contributed by atoms with Crippen LogP contribution in [0, 0.1) is 0 Å². The van der Waals surface area contributed by atoms with E-state index in [-0.39, 0.29) is 0 Å². The summed E-state index contributed by atoms with van der Waals surface area (Å²) in [5.41, 5.74) is 0. The highest BCUT2D eigenvalue weighted by Crippen LogP contribution is 2.47. The number of ether oxygens (including phenoxy) is 1. The van der Waals surface area contributed by atoms with Crippen molar-refractivity contribution in [3.8, 4) is 0 Å². The molecule has 0 saturated carbocycles. The van der Waals surface area contributed by atoms with Crippen LogP contribution in [0.4, 0.5) is 0 Å². The molecule has 21 heavy (non-hydrogen) atoms. The summed E-state index contributed by atoms with van der Waals surface area (Å²) in [6, 6.07) is -1.18. The van der Waals surface area contributed by atoms with Gasteiger partial charge in [-0.15, -0.1) is 0 Å². The molecular formula is C10H20NO9P. The molecule has 0 spiro atoms. The molecule has 1 saturated heterocycles. The predicted octanol–water partition coefficient (Wildman–Crippen LogP) is -3.14. The van der Waals surface area contributed by atoms with E-state index in [9.17, 15) is 24.7 Å². The van der Waals surface area contributed by atoms with Gasteiger partial charge in [-0.1, -0.05) is 0 Å². The third-order valence-electron chi connectivity index (χ3n) is 3.19. The zero-order valence-electron chi connectivity index (χ0n) is 11.2. The van der Waals surface area contributed by atoms with Crippen molar-refractivity contribution in [2.75, 3.05) is 6.61 Å². The molecule has 1 amide bonds. The summed E-state index contributed by atoms with van der Waals surface area (Å²) in [5, 5.41) is 40.4. The van der Waals surface area contributed by atoms with E-state index in [0.717, 1.165) is 6.92 Å². The second-order valence-electron chi connectivity index (χ2n) is 4.91. The SMILES string of the molecule is CC(=O)NC1C(O)CC(P(=O)(O)O)OC1[C@H](O)[C@H](O)CO. The lowest BCUT2D eigenvalue weighted by molar-refractivity contribution is -0.168. The van der Waals surface area contributed by atoms with Gasteiger partial charge in [0.25, 0.3) is 0 Å². The Hall–Kier alpha value is -0.580. The van der Waals surface area contributed by atoms with Crippen LogP contribution in [0.25, 0.3) is 0 Å². The Morgan fingerprint density at radius 1 is 1.43 bits per heavy atom. The van der Waals surface area contributed by atoms with E-state index in [1.165, 1.54) is 0 Å². The fraction of sp³-hybridized carbons (Fsp3) is 0.900. The van der Waals surface area contributed by atoms with Crippen LogP contribution in [-0.2, 0) is 14.1 Å². The van der Waals surface area contributed by atoms with Gasteiger partial charge in [0.15, 0.2) is 5.85 Å². The smallest absolute Gasteiger partial charge is 0.354 e. The molecule has 1 aliphatic rings. The molecule has 1 heterocycles. The van der Waals surface area contributed by atoms with Crippen LogP contribution in [0.5, 0.6) is 0 Å². The molecule has 11 heteroatoms. The lowest BCUT2D eigenvalue weighted by Gasteiger charge is -2.42. The van der Waals surface area contributed by atoms with Crippen LogP contribution in [0.2, 0.25) is 0 Å². The van der Waals surface area contributed by atoms with E-state index < -0.39 is 62.8 Å². The molecule has 0 bridgehead atoms. The Bertz CT molecular complexity index is 413. The molecule has 10 nitrogen and oxygen atoms in total. The van der Waals surface area contributed by atoms with Gasteiger partial charge in [-0.2, -0.15) is 0 Å². The van der Waals surface area contributed by atoms with Crippen molar-refractivity contribution >= 4 is 13.5 Å². The van der Waals surface area contributed by atoms with Crippen LogP contribution >= 0.6 is 7.60 Å². The van der Waals surface area contributed by atoms with E-state index in [4.69, 9.17) is 19.6 Å². The maximum absolute atomic E-state index is 11.2. The summed E-state index contributed by atoms with van der Waals surface area (Å²) < 4.78 is 16.3. The summed E-state index contributed by atoms with van der Waals surface area (Å²) in [6.07, 6.45) is -6.75. The molecule has 0 aromatic heterocycles. The average Bonchev–Trinajstić information content (AvgIpc) is 2.37. The predicted molar refractivity (Wildman–Crippen MR) is 68.0 cm³/mol. The zero-order chi connectivity index (χ0) is 16.4. The van der Waals surface area contributed by atoms with Crippen molar-refractivity contribution in [2.45, 2.75) is 49.6 Å². The second-order valence-corrected chi connectivity index (χ2v) is 6.67. The Kier molecular flexibility index (Phi) is 6.26. The Balaban J connectivity index is 3.02. The minimum Gasteiger partial charge on any atom is -0.394 e. The lowest BCUT2D eigenvalue weighted by Crippen LogP contribution is -2.62. The van der Waals surface area contributed by atoms with Crippen molar-refractivity contribution in [1.29, 1.82) is 0 Å². The van der Waals surface area contributed by atoms with Gasteiger partial charge < -0.3 is 40.3 Å². The normalized spacial score (nSPS) is 33.3. The fourth-order valence-electron chi connectivity index (χ4n) is 2.14. The average molecular weight is 329 g/mol. The van der Waals surface area contributed by atoms with Crippen molar-refractivity contribution in [3.63, 3.8) is 0 Å². The van der Waals surface area contributed by atoms with Crippen LogP contribution in [0.3, 0.4) is 0 Å². The number of rotatable bonds is 5. The van der Waals surface area contributed by atoms with E-state index >= 15 is 0 Å². The van der Waals surface area contributed by atoms with Gasteiger partial charge in [-0.25, -0.2) is 0 Å². The van der Waals surface area contributed by atoms with E-state index in [2.05, 4.69) is 5.32 Å². The Morgan fingerprint density at radius 2 is 2.00 bits per heavy atom. The number of amides is 1. The highest BCUT2D eigenvalue weighted by molar-refractivity contribution is 7.52. The maximum Gasteiger partial charge on any atom is 0.354 e. The summed E-state index contributed by atoms with van der Waals surface area (Å²) in [4.78, 5) is 29.4. The van der Waals surface area contributed by atoms with Crippen LogP contribution in [0.15, 0.2) is 0 Å². The van der Waals surface area contributed by atoms with Crippen LogP contribution in [0.1, 0.15) is 13.3 Å². The molecule has 0 radical (unpaired) electrons. The first kappa shape index (κ1) is 18.5. The largest absolute Gasteiger partial charge is 0.394 e. The highest BCUT2D eigenvalue weighted by Gasteiger charge is 2.48. The lowest BCUT2D eigenvalue weighted by atomic mass is 9.92. The molecule has 0 aliphatic carbocycles. The first-order valence-electron chi connectivity index (χ1n) is 6.20. The number of hydrogen-bond acceptors (Lipinski definition) is 7. The maximum atomic E-state index is 11.2. The second kappa shape index (κ2) is 7.12. The third kappa shape index (κ3) is 4.70. The van der Waals surface area contributed by atoms with Gasteiger partial charge in [0, 0.05) is 13.3 Å². The molecule has 1 fully saturated rings. The topological polar surface area (TPSA) is 177 Å². The number of carbonyl (C=O) groups excluding carboxylic acids is 1. The Morgan fingerprint density at radius 3 is 2.43 bits per heavy atom. The van der Waals surface area contributed by atoms with Gasteiger partial charge >= 0.3 is 7.60 Å². The van der Waals surface area contributed by atoms with Crippen molar-refractivity contribution < 1.29 is 44.3 Å². The zero-order valence-corrected chi connectivity index (χ0v) is 12.1. The van der Waals surface area contributed by atoms with Crippen molar-refractivity contribution in [3.05, 3.63) is 0 Å². The highest BCUT2D eigenvalue weighted by atomic mass is 31.2. The fourth-order valence-corrected chi connectivity index (χ4v) is 2.93. The molecule has 6 atom stereocenters. The molecule has 4 unspecified atom stereocenters. The molecule has 1 rings (SSSR count). The number of aliphatic hydroxyl groups excluding tert-OH is 4. The third-order valence-corrected chi connectivity index (χ3v) is 4.27. The van der Waals surface area contributed by atoms with Gasteiger partial charge in [-0.3, -0.25) is 9.36 Å². The monoisotopic (exact) mass is 329 g/mol. The van der Waals surface area contributed by atoms with E-state index in [1.54, 1.807) is 0 Å². The van der Waals surface area contributed by atoms with Crippen LogP contribution in [-0.4, -0.2) is 79.0 Å². The summed E-state index contributed by atoms with van der Waals surface area (Å²) in [7, 11) is -4.71.